The van der Waals surface area contributed by atoms with E-state index in [1.54, 1.807) is 10.6 Å². The van der Waals surface area contributed by atoms with Gasteiger partial charge in [0.05, 0.1) is 18.7 Å². The van der Waals surface area contributed by atoms with E-state index in [1.165, 1.54) is 4.90 Å². The number of fused-ring (bicyclic) bond motifs is 1. The molecule has 0 saturated carbocycles. The molecule has 30 heavy (non-hydrogen) atoms. The Bertz CT molecular complexity index is 1020. The molecule has 7 nitrogen and oxygen atoms in total. The Hall–Kier alpha value is -2.90. The SMILES string of the molecule is O=C(CCCn1c(=O)oc2ccccc21)N[C@@H](C[NH+]1CCOCC1)c1ccccc1. The third-order valence-electron chi connectivity index (χ3n) is 5.59. The normalized spacial score (nSPS) is 15.9. The molecule has 7 heteroatoms. The Balaban J connectivity index is 1.36. The first-order chi connectivity index (χ1) is 14.7. The van der Waals surface area contributed by atoms with E-state index in [1.807, 2.05) is 36.4 Å². The van der Waals surface area contributed by atoms with Crippen molar-refractivity contribution in [2.75, 3.05) is 32.8 Å². The average Bonchev–Trinajstić information content (AvgIpc) is 3.10. The first kappa shape index (κ1) is 20.4. The van der Waals surface area contributed by atoms with E-state index < -0.39 is 0 Å². The molecule has 4 rings (SSSR count). The summed E-state index contributed by atoms with van der Waals surface area (Å²) in [4.78, 5) is 26.2. The Kier molecular flexibility index (Phi) is 6.61. The van der Waals surface area contributed by atoms with Gasteiger partial charge in [0, 0.05) is 13.0 Å². The number of nitrogens with zero attached hydrogens (tertiary/aromatic N) is 1. The van der Waals surface area contributed by atoms with Gasteiger partial charge in [-0.15, -0.1) is 0 Å². The van der Waals surface area contributed by atoms with Gasteiger partial charge in [-0.1, -0.05) is 42.5 Å². The molecular weight excluding hydrogens is 382 g/mol. The summed E-state index contributed by atoms with van der Waals surface area (Å²) in [6, 6.07) is 17.4. The molecule has 1 aliphatic rings. The Morgan fingerprint density at radius 3 is 2.60 bits per heavy atom. The molecule has 0 bridgehead atoms. The Morgan fingerprint density at radius 2 is 1.80 bits per heavy atom. The number of carbonyl (C=O) groups is 1. The number of hydrogen-bond donors (Lipinski definition) is 2. The average molecular weight is 410 g/mol. The van der Waals surface area contributed by atoms with Crippen molar-refractivity contribution in [3.63, 3.8) is 0 Å². The largest absolute Gasteiger partial charge is 0.419 e. The van der Waals surface area contributed by atoms with Crippen LogP contribution in [0.1, 0.15) is 24.4 Å². The number of para-hydroxylation sites is 2. The lowest BCUT2D eigenvalue weighted by molar-refractivity contribution is -0.909. The first-order valence-electron chi connectivity index (χ1n) is 10.5. The number of aromatic nitrogens is 1. The van der Waals surface area contributed by atoms with Crippen LogP contribution < -0.4 is 16.0 Å². The van der Waals surface area contributed by atoms with Gasteiger partial charge in [-0.05, 0) is 24.1 Å². The third-order valence-corrected chi connectivity index (χ3v) is 5.59. The topological polar surface area (TPSA) is 77.9 Å². The van der Waals surface area contributed by atoms with Crippen LogP contribution in [0.15, 0.2) is 63.8 Å². The minimum atomic E-state index is -0.380. The van der Waals surface area contributed by atoms with Crippen LogP contribution in [0.5, 0.6) is 0 Å². The fourth-order valence-corrected chi connectivity index (χ4v) is 3.98. The van der Waals surface area contributed by atoms with Crippen LogP contribution in [0.3, 0.4) is 0 Å². The lowest BCUT2D eigenvalue weighted by Crippen LogP contribution is -3.14. The summed E-state index contributed by atoms with van der Waals surface area (Å²) in [5.74, 6) is -0.382. The van der Waals surface area contributed by atoms with Crippen molar-refractivity contribution < 1.29 is 18.8 Å². The van der Waals surface area contributed by atoms with Crippen LogP contribution in [0.2, 0.25) is 0 Å². The highest BCUT2D eigenvalue weighted by atomic mass is 16.5. The highest BCUT2D eigenvalue weighted by Gasteiger charge is 2.22. The second-order valence-electron chi connectivity index (χ2n) is 7.69. The van der Waals surface area contributed by atoms with Crippen molar-refractivity contribution in [3.8, 4) is 0 Å². The van der Waals surface area contributed by atoms with E-state index in [9.17, 15) is 9.59 Å². The maximum Gasteiger partial charge on any atom is 0.419 e. The van der Waals surface area contributed by atoms with Crippen molar-refractivity contribution in [2.45, 2.75) is 25.4 Å². The first-order valence-corrected chi connectivity index (χ1v) is 10.5. The summed E-state index contributed by atoms with van der Waals surface area (Å²) in [5.41, 5.74) is 2.45. The fraction of sp³-hybridized carbons (Fsp3) is 0.391. The summed E-state index contributed by atoms with van der Waals surface area (Å²) < 4.78 is 12.3. The van der Waals surface area contributed by atoms with E-state index in [4.69, 9.17) is 9.15 Å². The summed E-state index contributed by atoms with van der Waals surface area (Å²) in [6.45, 7) is 4.72. The van der Waals surface area contributed by atoms with Gasteiger partial charge in [0.1, 0.15) is 25.7 Å². The summed E-state index contributed by atoms with van der Waals surface area (Å²) in [6.07, 6.45) is 0.926. The van der Waals surface area contributed by atoms with Gasteiger partial charge in [-0.25, -0.2) is 4.79 Å². The number of rotatable bonds is 8. The molecule has 158 valence electrons. The van der Waals surface area contributed by atoms with Crippen LogP contribution in [-0.4, -0.2) is 43.3 Å². The summed E-state index contributed by atoms with van der Waals surface area (Å²) in [7, 11) is 0. The summed E-state index contributed by atoms with van der Waals surface area (Å²) in [5, 5.41) is 3.20. The lowest BCUT2D eigenvalue weighted by atomic mass is 10.1. The highest BCUT2D eigenvalue weighted by molar-refractivity contribution is 5.76. The number of carbonyl (C=O) groups excluding carboxylic acids is 1. The zero-order valence-corrected chi connectivity index (χ0v) is 17.0. The molecule has 3 aromatic rings. The smallest absolute Gasteiger partial charge is 0.408 e. The van der Waals surface area contributed by atoms with E-state index in [-0.39, 0.29) is 17.7 Å². The molecule has 1 fully saturated rings. The minimum Gasteiger partial charge on any atom is -0.408 e. The molecule has 1 saturated heterocycles. The van der Waals surface area contributed by atoms with Gasteiger partial charge in [-0.3, -0.25) is 9.36 Å². The number of quaternary nitrogens is 1. The molecule has 0 aliphatic carbocycles. The molecule has 2 N–H and O–H groups in total. The number of amides is 1. The van der Waals surface area contributed by atoms with E-state index in [2.05, 4.69) is 17.4 Å². The van der Waals surface area contributed by atoms with E-state index in [0.29, 0.717) is 25.0 Å². The zero-order chi connectivity index (χ0) is 20.8. The third kappa shape index (κ3) is 4.98. The van der Waals surface area contributed by atoms with Crippen LogP contribution in [0.4, 0.5) is 0 Å². The second kappa shape index (κ2) is 9.73. The molecule has 0 spiro atoms. The predicted octanol–water partition coefficient (Wildman–Crippen LogP) is 1.15. The number of oxazole rings is 1. The number of morpholine rings is 1. The van der Waals surface area contributed by atoms with Crippen molar-refractivity contribution in [1.29, 1.82) is 0 Å². The maximum absolute atomic E-state index is 12.7. The van der Waals surface area contributed by atoms with Crippen molar-refractivity contribution in [2.24, 2.45) is 0 Å². The number of hydrogen-bond acceptors (Lipinski definition) is 4. The van der Waals surface area contributed by atoms with Crippen LogP contribution in [0, 0.1) is 0 Å². The second-order valence-corrected chi connectivity index (χ2v) is 7.69. The molecule has 0 unspecified atom stereocenters. The lowest BCUT2D eigenvalue weighted by Gasteiger charge is -2.28. The molecule has 1 atom stereocenters. The van der Waals surface area contributed by atoms with Gasteiger partial charge in [-0.2, -0.15) is 0 Å². The van der Waals surface area contributed by atoms with Crippen LogP contribution in [0.25, 0.3) is 11.1 Å². The van der Waals surface area contributed by atoms with E-state index >= 15 is 0 Å². The molecular formula is C23H28N3O4+. The molecule has 2 aromatic carbocycles. The van der Waals surface area contributed by atoms with Gasteiger partial charge < -0.3 is 19.4 Å². The zero-order valence-electron chi connectivity index (χ0n) is 17.0. The summed E-state index contributed by atoms with van der Waals surface area (Å²) >= 11 is 0. The standard InChI is InChI=1S/C23H27N3O4/c27-22(11-6-12-26-20-9-4-5-10-21(20)30-23(26)28)24-19(18-7-2-1-3-8-18)17-25-13-15-29-16-14-25/h1-5,7-10,19H,6,11-17H2,(H,24,27)/p+1/t19-/m0/s1. The number of ether oxygens (including phenoxy) is 1. The van der Waals surface area contributed by atoms with Gasteiger partial charge >= 0.3 is 5.76 Å². The molecule has 1 amide bonds. The van der Waals surface area contributed by atoms with Gasteiger partial charge in [0.2, 0.25) is 5.91 Å². The van der Waals surface area contributed by atoms with Gasteiger partial charge in [0.25, 0.3) is 0 Å². The Morgan fingerprint density at radius 1 is 1.07 bits per heavy atom. The minimum absolute atomic E-state index is 0.00244. The number of benzene rings is 2. The molecule has 2 heterocycles. The van der Waals surface area contributed by atoms with Crippen LogP contribution >= 0.6 is 0 Å². The Labute approximate surface area is 175 Å². The molecule has 1 aliphatic heterocycles. The monoisotopic (exact) mass is 410 g/mol. The quantitative estimate of drug-likeness (QED) is 0.584. The van der Waals surface area contributed by atoms with Crippen molar-refractivity contribution in [3.05, 3.63) is 70.7 Å². The predicted molar refractivity (Wildman–Crippen MR) is 113 cm³/mol. The maximum atomic E-state index is 12.7. The van der Waals surface area contributed by atoms with Crippen molar-refractivity contribution in [1.82, 2.24) is 9.88 Å². The molecule has 1 aromatic heterocycles. The van der Waals surface area contributed by atoms with Crippen molar-refractivity contribution >= 4 is 17.0 Å². The van der Waals surface area contributed by atoms with Gasteiger partial charge in [0.15, 0.2) is 5.58 Å². The highest BCUT2D eigenvalue weighted by Crippen LogP contribution is 2.14. The van der Waals surface area contributed by atoms with E-state index in [0.717, 1.165) is 43.9 Å². The molecule has 0 radical (unpaired) electrons. The fourth-order valence-electron chi connectivity index (χ4n) is 3.98. The van der Waals surface area contributed by atoms with Crippen LogP contribution in [-0.2, 0) is 16.1 Å². The number of aryl methyl sites for hydroxylation is 1. The number of nitrogens with one attached hydrogen (secondary N) is 2.